The maximum atomic E-state index is 13.1. The SMILES string of the molecule is O=C1OC2CC(CS(=O)(=O)c3ccc(-c4ccc(F)cc4)cc3)(C(=O)NO)CC2O1. The summed E-state index contributed by atoms with van der Waals surface area (Å²) in [5.74, 6) is -1.83. The molecule has 1 saturated heterocycles. The smallest absolute Gasteiger partial charge is 0.427 e. The number of nitrogens with one attached hydrogen (secondary N) is 1. The zero-order chi connectivity index (χ0) is 21.5. The van der Waals surface area contributed by atoms with E-state index in [0.717, 1.165) is 5.56 Å². The Morgan fingerprint density at radius 3 is 2.03 bits per heavy atom. The van der Waals surface area contributed by atoms with Gasteiger partial charge in [-0.1, -0.05) is 24.3 Å². The molecule has 0 radical (unpaired) electrons. The number of ether oxygens (including phenoxy) is 2. The maximum Gasteiger partial charge on any atom is 0.509 e. The van der Waals surface area contributed by atoms with Crippen LogP contribution < -0.4 is 5.48 Å². The number of hydrogen-bond donors (Lipinski definition) is 2. The molecule has 4 rings (SSSR count). The van der Waals surface area contributed by atoms with Gasteiger partial charge in [-0.15, -0.1) is 0 Å². The van der Waals surface area contributed by atoms with Crippen LogP contribution in [0.25, 0.3) is 11.1 Å². The molecule has 2 atom stereocenters. The quantitative estimate of drug-likeness (QED) is 0.421. The van der Waals surface area contributed by atoms with Crippen LogP contribution in [0.3, 0.4) is 0 Å². The molecule has 8 nitrogen and oxygen atoms in total. The van der Waals surface area contributed by atoms with Crippen molar-refractivity contribution in [2.45, 2.75) is 29.9 Å². The molecule has 1 heterocycles. The molecule has 2 fully saturated rings. The lowest BCUT2D eigenvalue weighted by molar-refractivity contribution is -0.139. The highest BCUT2D eigenvalue weighted by molar-refractivity contribution is 7.91. The second kappa shape index (κ2) is 7.37. The lowest BCUT2D eigenvalue weighted by Crippen LogP contribution is -2.43. The fraction of sp³-hybridized carbons (Fsp3) is 0.300. The lowest BCUT2D eigenvalue weighted by atomic mass is 9.87. The van der Waals surface area contributed by atoms with Crippen molar-refractivity contribution in [2.75, 3.05) is 5.75 Å². The lowest BCUT2D eigenvalue weighted by Gasteiger charge is -2.26. The number of rotatable bonds is 5. The van der Waals surface area contributed by atoms with E-state index in [1.165, 1.54) is 29.7 Å². The van der Waals surface area contributed by atoms with Crippen molar-refractivity contribution in [1.82, 2.24) is 5.48 Å². The molecular weight excluding hydrogens is 417 g/mol. The molecule has 1 amide bonds. The van der Waals surface area contributed by atoms with E-state index < -0.39 is 45.3 Å². The summed E-state index contributed by atoms with van der Waals surface area (Å²) in [6, 6.07) is 11.8. The normalized spacial score (nSPS) is 25.3. The van der Waals surface area contributed by atoms with Crippen LogP contribution in [0.15, 0.2) is 53.4 Å². The van der Waals surface area contributed by atoms with Crippen molar-refractivity contribution in [3.05, 3.63) is 54.3 Å². The van der Waals surface area contributed by atoms with Gasteiger partial charge in [-0.3, -0.25) is 10.0 Å². The summed E-state index contributed by atoms with van der Waals surface area (Å²) in [6.07, 6.45) is -2.51. The van der Waals surface area contributed by atoms with Gasteiger partial charge in [0.2, 0.25) is 0 Å². The average Bonchev–Trinajstić information content (AvgIpc) is 3.22. The fourth-order valence-corrected chi connectivity index (χ4v) is 5.87. The maximum absolute atomic E-state index is 13.1. The van der Waals surface area contributed by atoms with E-state index in [9.17, 15) is 22.4 Å². The van der Waals surface area contributed by atoms with Gasteiger partial charge in [0, 0.05) is 12.8 Å². The van der Waals surface area contributed by atoms with E-state index in [2.05, 4.69) is 0 Å². The number of hydroxylamine groups is 1. The Hall–Kier alpha value is -2.98. The van der Waals surface area contributed by atoms with Crippen molar-refractivity contribution in [3.8, 4) is 11.1 Å². The summed E-state index contributed by atoms with van der Waals surface area (Å²) < 4.78 is 49.1. The summed E-state index contributed by atoms with van der Waals surface area (Å²) in [5.41, 5.74) is 1.45. The Labute approximate surface area is 171 Å². The summed E-state index contributed by atoms with van der Waals surface area (Å²) in [7, 11) is -3.94. The molecular formula is C20H18FNO7S. The van der Waals surface area contributed by atoms with Crippen LogP contribution in [0.1, 0.15) is 12.8 Å². The number of benzene rings is 2. The van der Waals surface area contributed by atoms with E-state index in [-0.39, 0.29) is 23.6 Å². The molecule has 158 valence electrons. The first-order chi connectivity index (χ1) is 14.2. The monoisotopic (exact) mass is 435 g/mol. The standard InChI is InChI=1S/C20H18FNO7S/c21-14-5-1-12(2-6-14)13-3-7-15(8-4-13)30(26,27)11-20(18(23)22-25)9-16-17(10-20)29-19(24)28-16/h1-8,16-17,25H,9-11H2,(H,22,23). The third kappa shape index (κ3) is 3.63. The number of carbonyl (C=O) groups excluding carboxylic acids is 2. The first kappa shape index (κ1) is 20.3. The molecule has 2 aromatic carbocycles. The molecule has 2 aromatic rings. The van der Waals surface area contributed by atoms with Gasteiger partial charge in [0.15, 0.2) is 9.84 Å². The largest absolute Gasteiger partial charge is 0.509 e. The summed E-state index contributed by atoms with van der Waals surface area (Å²) in [5, 5.41) is 9.16. The molecule has 1 saturated carbocycles. The van der Waals surface area contributed by atoms with Crippen LogP contribution in [-0.4, -0.2) is 43.6 Å². The Kier molecular flexibility index (Phi) is 4.99. The Balaban J connectivity index is 1.58. The number of sulfone groups is 1. The molecule has 2 unspecified atom stereocenters. The van der Waals surface area contributed by atoms with E-state index in [1.807, 2.05) is 0 Å². The molecule has 0 spiro atoms. The van der Waals surface area contributed by atoms with Crippen LogP contribution in [-0.2, 0) is 24.1 Å². The number of amides is 1. The van der Waals surface area contributed by atoms with Gasteiger partial charge >= 0.3 is 6.16 Å². The predicted octanol–water partition coefficient (Wildman–Crippen LogP) is 2.46. The van der Waals surface area contributed by atoms with Crippen molar-refractivity contribution in [3.63, 3.8) is 0 Å². The third-order valence-electron chi connectivity index (χ3n) is 5.53. The van der Waals surface area contributed by atoms with E-state index >= 15 is 0 Å². The van der Waals surface area contributed by atoms with Gasteiger partial charge in [-0.05, 0) is 35.4 Å². The van der Waals surface area contributed by atoms with Crippen molar-refractivity contribution in [1.29, 1.82) is 0 Å². The van der Waals surface area contributed by atoms with E-state index in [0.29, 0.717) is 5.56 Å². The Morgan fingerprint density at radius 1 is 1.03 bits per heavy atom. The van der Waals surface area contributed by atoms with Crippen LogP contribution in [0.2, 0.25) is 0 Å². The topological polar surface area (TPSA) is 119 Å². The van der Waals surface area contributed by atoms with Crippen molar-refractivity contribution >= 4 is 21.9 Å². The fourth-order valence-electron chi connectivity index (χ4n) is 4.06. The highest BCUT2D eigenvalue weighted by atomic mass is 32.2. The summed E-state index contributed by atoms with van der Waals surface area (Å²) in [4.78, 5) is 23.6. The van der Waals surface area contributed by atoms with Crippen LogP contribution in [0.4, 0.5) is 9.18 Å². The second-order valence-corrected chi connectivity index (χ2v) is 9.47. The zero-order valence-electron chi connectivity index (χ0n) is 15.6. The van der Waals surface area contributed by atoms with Gasteiger partial charge in [-0.2, -0.15) is 0 Å². The molecule has 10 heteroatoms. The third-order valence-corrected chi connectivity index (χ3v) is 7.46. The van der Waals surface area contributed by atoms with Gasteiger partial charge in [0.05, 0.1) is 16.1 Å². The number of halogens is 1. The number of fused-ring (bicyclic) bond motifs is 1. The van der Waals surface area contributed by atoms with Crippen molar-refractivity contribution < 1.29 is 37.1 Å². The minimum absolute atomic E-state index is 0.00607. The van der Waals surface area contributed by atoms with Crippen LogP contribution in [0.5, 0.6) is 0 Å². The number of carbonyl (C=O) groups is 2. The molecule has 1 aliphatic carbocycles. The average molecular weight is 435 g/mol. The van der Waals surface area contributed by atoms with Gasteiger partial charge in [0.1, 0.15) is 18.0 Å². The first-order valence-corrected chi connectivity index (χ1v) is 10.8. The molecule has 0 bridgehead atoms. The minimum atomic E-state index is -3.94. The van der Waals surface area contributed by atoms with E-state index in [4.69, 9.17) is 14.7 Å². The molecule has 1 aliphatic heterocycles. The zero-order valence-corrected chi connectivity index (χ0v) is 16.4. The molecule has 2 aliphatic rings. The van der Waals surface area contributed by atoms with Crippen LogP contribution >= 0.6 is 0 Å². The minimum Gasteiger partial charge on any atom is -0.427 e. The van der Waals surface area contributed by atoms with Gasteiger partial charge in [0.25, 0.3) is 5.91 Å². The highest BCUT2D eigenvalue weighted by Gasteiger charge is 2.58. The number of hydrogen-bond acceptors (Lipinski definition) is 7. The summed E-state index contributed by atoms with van der Waals surface area (Å²) >= 11 is 0. The highest BCUT2D eigenvalue weighted by Crippen LogP contribution is 2.46. The van der Waals surface area contributed by atoms with Crippen LogP contribution in [0, 0.1) is 11.2 Å². The van der Waals surface area contributed by atoms with Gasteiger partial charge in [-0.25, -0.2) is 23.1 Å². The van der Waals surface area contributed by atoms with E-state index in [1.54, 1.807) is 24.3 Å². The van der Waals surface area contributed by atoms with Crippen molar-refractivity contribution in [2.24, 2.45) is 5.41 Å². The molecule has 30 heavy (non-hydrogen) atoms. The summed E-state index contributed by atoms with van der Waals surface area (Å²) in [6.45, 7) is 0. The predicted molar refractivity (Wildman–Crippen MR) is 101 cm³/mol. The Morgan fingerprint density at radius 2 is 1.53 bits per heavy atom. The Bertz CT molecular complexity index is 1070. The molecule has 2 N–H and O–H groups in total. The second-order valence-electron chi connectivity index (χ2n) is 7.48. The van der Waals surface area contributed by atoms with Gasteiger partial charge < -0.3 is 9.47 Å². The first-order valence-electron chi connectivity index (χ1n) is 9.13. The molecule has 0 aromatic heterocycles.